The molecule has 0 aromatic heterocycles. The molecule has 0 spiro atoms. The highest BCUT2D eigenvalue weighted by molar-refractivity contribution is 5.48. The highest BCUT2D eigenvalue weighted by atomic mass is 16.3. The fourth-order valence-electron chi connectivity index (χ4n) is 1.82. The largest absolute Gasteiger partial charge is 0.393 e. The number of nitrogens with zero attached hydrogens (tertiary/aromatic N) is 1. The number of benzene rings is 1. The van der Waals surface area contributed by atoms with E-state index >= 15 is 0 Å². The molecule has 3 nitrogen and oxygen atoms in total. The molecule has 1 aromatic carbocycles. The molecule has 1 atom stereocenters. The van der Waals surface area contributed by atoms with E-state index in [2.05, 4.69) is 36.1 Å². The van der Waals surface area contributed by atoms with Crippen LogP contribution in [0, 0.1) is 6.92 Å². The molecular weight excluding hydrogens is 212 g/mol. The van der Waals surface area contributed by atoms with Crippen LogP contribution in [-0.2, 0) is 0 Å². The molecule has 0 bridgehead atoms. The molecule has 0 aliphatic heterocycles. The second kappa shape index (κ2) is 7.30. The molecule has 0 saturated heterocycles. The number of hydrogen-bond donors (Lipinski definition) is 2. The minimum Gasteiger partial charge on any atom is -0.393 e. The maximum absolute atomic E-state index is 9.38. The first-order valence-corrected chi connectivity index (χ1v) is 6.33. The summed E-state index contributed by atoms with van der Waals surface area (Å²) in [5.74, 6) is 0. The Morgan fingerprint density at radius 1 is 1.35 bits per heavy atom. The van der Waals surface area contributed by atoms with Crippen LogP contribution in [0.5, 0.6) is 0 Å². The van der Waals surface area contributed by atoms with Crippen LogP contribution in [0.4, 0.5) is 5.69 Å². The molecule has 0 amide bonds. The minimum absolute atomic E-state index is 0.250. The second-order valence-corrected chi connectivity index (χ2v) is 4.61. The zero-order valence-corrected chi connectivity index (χ0v) is 10.9. The number of hydrogen-bond acceptors (Lipinski definition) is 3. The Bertz CT molecular complexity index is 326. The Labute approximate surface area is 104 Å². The lowest BCUT2D eigenvalue weighted by Gasteiger charge is -2.25. The molecule has 17 heavy (non-hydrogen) atoms. The fraction of sp³-hybridized carbons (Fsp3) is 0.571. The van der Waals surface area contributed by atoms with Crippen molar-refractivity contribution in [1.82, 2.24) is 0 Å². The van der Waals surface area contributed by atoms with Crippen molar-refractivity contribution >= 4 is 5.69 Å². The van der Waals surface area contributed by atoms with E-state index in [9.17, 15) is 5.11 Å². The summed E-state index contributed by atoms with van der Waals surface area (Å²) in [5.41, 5.74) is 8.05. The summed E-state index contributed by atoms with van der Waals surface area (Å²) in [6.45, 7) is 6.46. The molecule has 1 aromatic rings. The number of rotatable bonds is 7. The van der Waals surface area contributed by atoms with Crippen LogP contribution in [0.2, 0.25) is 0 Å². The van der Waals surface area contributed by atoms with E-state index in [1.54, 1.807) is 0 Å². The number of nitrogens with two attached hydrogens (primary N) is 1. The van der Waals surface area contributed by atoms with Gasteiger partial charge in [0.2, 0.25) is 0 Å². The van der Waals surface area contributed by atoms with Gasteiger partial charge in [-0.05, 0) is 50.9 Å². The van der Waals surface area contributed by atoms with Crippen molar-refractivity contribution in [2.45, 2.75) is 32.8 Å². The van der Waals surface area contributed by atoms with Crippen LogP contribution < -0.4 is 10.6 Å². The molecule has 0 saturated carbocycles. The Morgan fingerprint density at radius 2 is 2.12 bits per heavy atom. The van der Waals surface area contributed by atoms with Crippen molar-refractivity contribution in [2.75, 3.05) is 24.5 Å². The maximum Gasteiger partial charge on any atom is 0.0528 e. The molecular formula is C14H24N2O. The summed E-state index contributed by atoms with van der Waals surface area (Å²) < 4.78 is 0. The summed E-state index contributed by atoms with van der Waals surface area (Å²) in [6.07, 6.45) is 1.52. The Kier molecular flexibility index (Phi) is 6.01. The third kappa shape index (κ3) is 5.20. The zero-order chi connectivity index (χ0) is 12.7. The van der Waals surface area contributed by atoms with Crippen molar-refractivity contribution in [3.63, 3.8) is 0 Å². The first kappa shape index (κ1) is 14.0. The average molecular weight is 236 g/mol. The van der Waals surface area contributed by atoms with Gasteiger partial charge < -0.3 is 15.7 Å². The van der Waals surface area contributed by atoms with Crippen LogP contribution >= 0.6 is 0 Å². The molecule has 1 unspecified atom stereocenters. The monoisotopic (exact) mass is 236 g/mol. The van der Waals surface area contributed by atoms with E-state index < -0.39 is 0 Å². The molecule has 3 N–H and O–H groups in total. The third-order valence-corrected chi connectivity index (χ3v) is 2.82. The van der Waals surface area contributed by atoms with Crippen molar-refractivity contribution in [3.05, 3.63) is 29.8 Å². The van der Waals surface area contributed by atoms with Gasteiger partial charge in [-0.15, -0.1) is 0 Å². The zero-order valence-electron chi connectivity index (χ0n) is 10.9. The summed E-state index contributed by atoms with van der Waals surface area (Å²) in [4.78, 5) is 2.30. The van der Waals surface area contributed by atoms with E-state index in [0.717, 1.165) is 25.9 Å². The van der Waals surface area contributed by atoms with Gasteiger partial charge in [-0.1, -0.05) is 12.1 Å². The third-order valence-electron chi connectivity index (χ3n) is 2.82. The average Bonchev–Trinajstić information content (AvgIpc) is 2.29. The van der Waals surface area contributed by atoms with Crippen LogP contribution in [-0.4, -0.2) is 30.8 Å². The van der Waals surface area contributed by atoms with Gasteiger partial charge in [-0.2, -0.15) is 0 Å². The van der Waals surface area contributed by atoms with Gasteiger partial charge in [0.15, 0.2) is 0 Å². The van der Waals surface area contributed by atoms with Gasteiger partial charge in [-0.25, -0.2) is 0 Å². The number of anilines is 1. The highest BCUT2D eigenvalue weighted by Gasteiger charge is 2.07. The molecule has 0 aliphatic rings. The Morgan fingerprint density at radius 3 is 2.71 bits per heavy atom. The second-order valence-electron chi connectivity index (χ2n) is 4.61. The summed E-state index contributed by atoms with van der Waals surface area (Å²) in [5, 5.41) is 9.38. The van der Waals surface area contributed by atoms with E-state index in [-0.39, 0.29) is 6.10 Å². The molecule has 0 fully saturated rings. The van der Waals surface area contributed by atoms with Gasteiger partial charge >= 0.3 is 0 Å². The molecule has 3 heteroatoms. The van der Waals surface area contributed by atoms with Crippen molar-refractivity contribution < 1.29 is 5.11 Å². The normalized spacial score (nSPS) is 12.5. The van der Waals surface area contributed by atoms with Crippen LogP contribution in [0.15, 0.2) is 24.3 Å². The molecule has 96 valence electrons. The topological polar surface area (TPSA) is 49.5 Å². The van der Waals surface area contributed by atoms with Gasteiger partial charge in [0.1, 0.15) is 0 Å². The predicted octanol–water partition coefficient (Wildman–Crippen LogP) is 1.92. The van der Waals surface area contributed by atoms with E-state index in [1.165, 1.54) is 11.3 Å². The molecule has 0 radical (unpaired) electrons. The van der Waals surface area contributed by atoms with E-state index in [1.807, 2.05) is 6.92 Å². The molecule has 0 aliphatic carbocycles. The Balaban J connectivity index is 2.67. The van der Waals surface area contributed by atoms with Crippen LogP contribution in [0.1, 0.15) is 25.3 Å². The van der Waals surface area contributed by atoms with Crippen LogP contribution in [0.25, 0.3) is 0 Å². The number of aryl methyl sites for hydroxylation is 1. The predicted molar refractivity (Wildman–Crippen MR) is 73.4 cm³/mol. The smallest absolute Gasteiger partial charge is 0.0528 e. The lowest BCUT2D eigenvalue weighted by atomic mass is 10.2. The van der Waals surface area contributed by atoms with Gasteiger partial charge in [0.05, 0.1) is 6.10 Å². The molecule has 0 heterocycles. The van der Waals surface area contributed by atoms with Gasteiger partial charge in [-0.3, -0.25) is 0 Å². The van der Waals surface area contributed by atoms with Crippen molar-refractivity contribution in [3.8, 4) is 0 Å². The van der Waals surface area contributed by atoms with Gasteiger partial charge in [0, 0.05) is 18.8 Å². The standard InChI is InChI=1S/C14H24N2O/c1-12-5-3-6-14(11-12)16(9-4-8-15)10-7-13(2)17/h3,5-6,11,13,17H,4,7-10,15H2,1-2H3. The summed E-state index contributed by atoms with van der Waals surface area (Å²) in [6, 6.07) is 8.46. The van der Waals surface area contributed by atoms with Gasteiger partial charge in [0.25, 0.3) is 0 Å². The van der Waals surface area contributed by atoms with Crippen LogP contribution in [0.3, 0.4) is 0 Å². The summed E-state index contributed by atoms with van der Waals surface area (Å²) in [7, 11) is 0. The lowest BCUT2D eigenvalue weighted by molar-refractivity contribution is 0.186. The number of aliphatic hydroxyl groups is 1. The highest BCUT2D eigenvalue weighted by Crippen LogP contribution is 2.16. The Hall–Kier alpha value is -1.06. The maximum atomic E-state index is 9.38. The van der Waals surface area contributed by atoms with E-state index in [0.29, 0.717) is 6.54 Å². The minimum atomic E-state index is -0.250. The quantitative estimate of drug-likeness (QED) is 0.760. The first-order valence-electron chi connectivity index (χ1n) is 6.33. The molecule has 1 rings (SSSR count). The van der Waals surface area contributed by atoms with Crippen molar-refractivity contribution in [2.24, 2.45) is 5.73 Å². The lowest BCUT2D eigenvalue weighted by Crippen LogP contribution is -2.29. The summed E-state index contributed by atoms with van der Waals surface area (Å²) >= 11 is 0. The van der Waals surface area contributed by atoms with Crippen molar-refractivity contribution in [1.29, 1.82) is 0 Å². The number of aliphatic hydroxyl groups excluding tert-OH is 1. The SMILES string of the molecule is Cc1cccc(N(CCCN)CCC(C)O)c1. The van der Waals surface area contributed by atoms with E-state index in [4.69, 9.17) is 5.73 Å². The first-order chi connectivity index (χ1) is 8.13. The fourth-order valence-corrected chi connectivity index (χ4v) is 1.82.